The molecule has 0 spiro atoms. The monoisotopic (exact) mass is 315 g/mol. The zero-order valence-electron chi connectivity index (χ0n) is 11.1. The molecule has 1 unspecified atom stereocenters. The molecule has 0 aliphatic carbocycles. The van der Waals surface area contributed by atoms with Gasteiger partial charge in [-0.3, -0.25) is 0 Å². The highest BCUT2D eigenvalue weighted by atomic mass is 79.9. The van der Waals surface area contributed by atoms with Gasteiger partial charge in [0, 0.05) is 24.2 Å². The zero-order chi connectivity index (χ0) is 13.2. The molecule has 1 atom stereocenters. The lowest BCUT2D eigenvalue weighted by molar-refractivity contribution is 0.0661. The molecule has 0 bridgehead atoms. The Labute approximate surface area is 118 Å². The van der Waals surface area contributed by atoms with E-state index in [1.807, 2.05) is 13.1 Å². The first-order valence-electron chi connectivity index (χ1n) is 6.25. The highest BCUT2D eigenvalue weighted by molar-refractivity contribution is 9.10. The molecule has 0 fully saturated rings. The maximum absolute atomic E-state index is 5.50. The second-order valence-corrected chi connectivity index (χ2v) is 5.03. The molecular weight excluding hydrogens is 294 g/mol. The summed E-state index contributed by atoms with van der Waals surface area (Å²) >= 11 is 3.58. The van der Waals surface area contributed by atoms with Gasteiger partial charge in [0.05, 0.1) is 13.2 Å². The topological polar surface area (TPSA) is 30.5 Å². The van der Waals surface area contributed by atoms with E-state index in [2.05, 4.69) is 39.4 Å². The van der Waals surface area contributed by atoms with Crippen molar-refractivity contribution in [2.75, 3.05) is 34.0 Å². The van der Waals surface area contributed by atoms with Gasteiger partial charge in [-0.15, -0.1) is 0 Å². The SMILES string of the molecule is CNC(CCOCCOC)Cc1ccccc1Br. The van der Waals surface area contributed by atoms with E-state index in [-0.39, 0.29) is 0 Å². The second kappa shape index (κ2) is 9.50. The molecule has 0 aromatic heterocycles. The molecule has 1 N–H and O–H groups in total. The van der Waals surface area contributed by atoms with E-state index in [1.165, 1.54) is 10.0 Å². The Bertz CT molecular complexity index is 333. The van der Waals surface area contributed by atoms with Gasteiger partial charge in [0.2, 0.25) is 0 Å². The average Bonchev–Trinajstić information content (AvgIpc) is 2.39. The molecule has 4 heteroatoms. The van der Waals surface area contributed by atoms with Gasteiger partial charge in [-0.2, -0.15) is 0 Å². The zero-order valence-corrected chi connectivity index (χ0v) is 12.7. The summed E-state index contributed by atoms with van der Waals surface area (Å²) in [4.78, 5) is 0. The fraction of sp³-hybridized carbons (Fsp3) is 0.571. The first-order chi connectivity index (χ1) is 8.77. The van der Waals surface area contributed by atoms with Crippen LogP contribution in [0.1, 0.15) is 12.0 Å². The number of likely N-dealkylation sites (N-methyl/N-ethyl adjacent to an activating group) is 1. The summed E-state index contributed by atoms with van der Waals surface area (Å²) in [5, 5.41) is 3.34. The smallest absolute Gasteiger partial charge is 0.0700 e. The van der Waals surface area contributed by atoms with E-state index in [1.54, 1.807) is 7.11 Å². The van der Waals surface area contributed by atoms with Crippen LogP contribution in [0.2, 0.25) is 0 Å². The summed E-state index contributed by atoms with van der Waals surface area (Å²) in [6, 6.07) is 8.78. The quantitative estimate of drug-likeness (QED) is 0.711. The van der Waals surface area contributed by atoms with Crippen LogP contribution < -0.4 is 5.32 Å². The first kappa shape index (κ1) is 15.6. The lowest BCUT2D eigenvalue weighted by atomic mass is 10.0. The Kier molecular flexibility index (Phi) is 8.25. The number of hydrogen-bond acceptors (Lipinski definition) is 3. The summed E-state index contributed by atoms with van der Waals surface area (Å²) in [7, 11) is 3.68. The molecule has 1 aromatic carbocycles. The minimum absolute atomic E-state index is 0.436. The maximum Gasteiger partial charge on any atom is 0.0700 e. The number of nitrogens with one attached hydrogen (secondary N) is 1. The minimum atomic E-state index is 0.436. The van der Waals surface area contributed by atoms with Crippen molar-refractivity contribution in [3.05, 3.63) is 34.3 Å². The van der Waals surface area contributed by atoms with Crippen LogP contribution in [0.3, 0.4) is 0 Å². The number of methoxy groups -OCH3 is 1. The van der Waals surface area contributed by atoms with Gasteiger partial charge in [-0.25, -0.2) is 0 Å². The normalized spacial score (nSPS) is 12.6. The van der Waals surface area contributed by atoms with Crippen LogP contribution in [0.25, 0.3) is 0 Å². The van der Waals surface area contributed by atoms with E-state index >= 15 is 0 Å². The lowest BCUT2D eigenvalue weighted by Crippen LogP contribution is -2.29. The van der Waals surface area contributed by atoms with Crippen LogP contribution in [0, 0.1) is 0 Å². The number of rotatable bonds is 9. The van der Waals surface area contributed by atoms with Crippen molar-refractivity contribution in [2.45, 2.75) is 18.9 Å². The third-order valence-electron chi connectivity index (χ3n) is 2.87. The predicted molar refractivity (Wildman–Crippen MR) is 78.0 cm³/mol. The van der Waals surface area contributed by atoms with Crippen molar-refractivity contribution in [3.63, 3.8) is 0 Å². The van der Waals surface area contributed by atoms with Crippen molar-refractivity contribution in [1.82, 2.24) is 5.32 Å². The van der Waals surface area contributed by atoms with Crippen molar-refractivity contribution in [2.24, 2.45) is 0 Å². The molecule has 3 nitrogen and oxygen atoms in total. The molecule has 102 valence electrons. The largest absolute Gasteiger partial charge is 0.382 e. The molecule has 1 aromatic rings. The fourth-order valence-corrected chi connectivity index (χ4v) is 2.19. The number of halogens is 1. The van der Waals surface area contributed by atoms with Gasteiger partial charge in [0.25, 0.3) is 0 Å². The number of benzene rings is 1. The number of ether oxygens (including phenoxy) is 2. The standard InChI is InChI=1S/C14H22BrNO2/c1-16-13(7-8-18-10-9-17-2)11-12-5-3-4-6-14(12)15/h3-6,13,16H,7-11H2,1-2H3. The van der Waals surface area contributed by atoms with Gasteiger partial charge in [0.15, 0.2) is 0 Å². The Balaban J connectivity index is 2.31. The second-order valence-electron chi connectivity index (χ2n) is 4.17. The summed E-state index contributed by atoms with van der Waals surface area (Å²) < 4.78 is 11.6. The predicted octanol–water partition coefficient (Wildman–Crippen LogP) is 2.63. The van der Waals surface area contributed by atoms with Gasteiger partial charge >= 0.3 is 0 Å². The van der Waals surface area contributed by atoms with E-state index < -0.39 is 0 Å². The van der Waals surface area contributed by atoms with Gasteiger partial charge in [-0.05, 0) is 31.5 Å². The van der Waals surface area contributed by atoms with E-state index in [0.29, 0.717) is 19.3 Å². The molecule has 1 rings (SSSR count). The Morgan fingerprint density at radius 2 is 2.00 bits per heavy atom. The molecule has 0 amide bonds. The molecule has 0 saturated carbocycles. The summed E-state index contributed by atoms with van der Waals surface area (Å²) in [6.45, 7) is 2.09. The van der Waals surface area contributed by atoms with Gasteiger partial charge < -0.3 is 14.8 Å². The molecular formula is C14H22BrNO2. The lowest BCUT2D eigenvalue weighted by Gasteiger charge is -2.17. The fourth-order valence-electron chi connectivity index (χ4n) is 1.75. The summed E-state index contributed by atoms with van der Waals surface area (Å²) in [5.74, 6) is 0. The van der Waals surface area contributed by atoms with Crippen LogP contribution >= 0.6 is 15.9 Å². The molecule has 0 radical (unpaired) electrons. The van der Waals surface area contributed by atoms with E-state index in [4.69, 9.17) is 9.47 Å². The minimum Gasteiger partial charge on any atom is -0.382 e. The van der Waals surface area contributed by atoms with Crippen molar-refractivity contribution in [3.8, 4) is 0 Å². The van der Waals surface area contributed by atoms with Gasteiger partial charge in [-0.1, -0.05) is 34.1 Å². The van der Waals surface area contributed by atoms with Crippen molar-refractivity contribution < 1.29 is 9.47 Å². The van der Waals surface area contributed by atoms with E-state index in [0.717, 1.165) is 19.4 Å². The van der Waals surface area contributed by atoms with Crippen molar-refractivity contribution >= 4 is 15.9 Å². The molecule has 0 aliphatic rings. The average molecular weight is 316 g/mol. The molecule has 18 heavy (non-hydrogen) atoms. The van der Waals surface area contributed by atoms with Crippen LogP contribution in [-0.4, -0.2) is 40.0 Å². The van der Waals surface area contributed by atoms with Gasteiger partial charge in [0.1, 0.15) is 0 Å². The molecule has 0 heterocycles. The van der Waals surface area contributed by atoms with Crippen molar-refractivity contribution in [1.29, 1.82) is 0 Å². The maximum atomic E-state index is 5.50. The summed E-state index contributed by atoms with van der Waals surface area (Å²) in [6.07, 6.45) is 2.01. The third-order valence-corrected chi connectivity index (χ3v) is 3.65. The Hall–Kier alpha value is -0.420. The highest BCUT2D eigenvalue weighted by Crippen LogP contribution is 2.18. The van der Waals surface area contributed by atoms with Crippen LogP contribution in [0.15, 0.2) is 28.7 Å². The summed E-state index contributed by atoms with van der Waals surface area (Å²) in [5.41, 5.74) is 1.33. The molecule has 0 saturated heterocycles. The van der Waals surface area contributed by atoms with Crippen LogP contribution in [0.4, 0.5) is 0 Å². The van der Waals surface area contributed by atoms with E-state index in [9.17, 15) is 0 Å². The van der Waals surface area contributed by atoms with Crippen LogP contribution in [0.5, 0.6) is 0 Å². The highest BCUT2D eigenvalue weighted by Gasteiger charge is 2.09. The Morgan fingerprint density at radius 3 is 2.67 bits per heavy atom. The molecule has 0 aliphatic heterocycles. The third kappa shape index (κ3) is 5.96. The van der Waals surface area contributed by atoms with Crippen LogP contribution in [-0.2, 0) is 15.9 Å². The Morgan fingerprint density at radius 1 is 1.22 bits per heavy atom. The number of hydrogen-bond donors (Lipinski definition) is 1. The first-order valence-corrected chi connectivity index (χ1v) is 7.04.